The molecule has 2 N–H and O–H groups in total. The van der Waals surface area contributed by atoms with Gasteiger partial charge in [0.1, 0.15) is 11.4 Å². The predicted octanol–water partition coefficient (Wildman–Crippen LogP) is 2.13. The number of aromatic nitrogens is 1. The Hall–Kier alpha value is -1.14. The molecule has 1 aromatic heterocycles. The topological polar surface area (TPSA) is 71.5 Å². The number of halogens is 1. The molecule has 0 bridgehead atoms. The van der Waals surface area contributed by atoms with Crippen LogP contribution in [0.2, 0.25) is 0 Å². The van der Waals surface area contributed by atoms with Crippen LogP contribution in [-0.2, 0) is 4.74 Å². The fourth-order valence-electron chi connectivity index (χ4n) is 1.76. The first kappa shape index (κ1) is 12.3. The first-order valence-corrected chi connectivity index (χ1v) is 6.20. The van der Waals surface area contributed by atoms with Crippen molar-refractivity contribution >= 4 is 27.7 Å². The fourth-order valence-corrected chi connectivity index (χ4v) is 2.09. The van der Waals surface area contributed by atoms with E-state index < -0.39 is 5.97 Å². The maximum atomic E-state index is 11.0. The van der Waals surface area contributed by atoms with Crippen molar-refractivity contribution in [3.8, 4) is 0 Å². The van der Waals surface area contributed by atoms with Gasteiger partial charge in [-0.05, 0) is 34.8 Å². The molecule has 0 aliphatic carbocycles. The monoisotopic (exact) mass is 300 g/mol. The number of nitrogens with zero attached hydrogens (tertiary/aromatic N) is 1. The van der Waals surface area contributed by atoms with Crippen LogP contribution in [0.1, 0.15) is 23.2 Å². The minimum Gasteiger partial charge on any atom is -0.478 e. The number of anilines is 1. The lowest BCUT2D eigenvalue weighted by Crippen LogP contribution is -2.20. The molecule has 2 heterocycles. The van der Waals surface area contributed by atoms with Gasteiger partial charge in [-0.3, -0.25) is 0 Å². The standard InChI is InChI=1S/C11H13BrN2O3/c12-7-4-9(11(15)16)10(13-5-7)14-6-8-2-1-3-17-8/h4-5,8H,1-3,6H2,(H,13,14)(H,15,16)/t8-/m0/s1. The van der Waals surface area contributed by atoms with E-state index in [1.165, 1.54) is 6.07 Å². The highest BCUT2D eigenvalue weighted by molar-refractivity contribution is 9.10. The Labute approximate surface area is 107 Å². The summed E-state index contributed by atoms with van der Waals surface area (Å²) in [7, 11) is 0. The van der Waals surface area contributed by atoms with Crippen LogP contribution in [0.5, 0.6) is 0 Å². The maximum Gasteiger partial charge on any atom is 0.339 e. The molecule has 92 valence electrons. The quantitative estimate of drug-likeness (QED) is 0.891. The van der Waals surface area contributed by atoms with E-state index >= 15 is 0 Å². The third kappa shape index (κ3) is 3.17. The van der Waals surface area contributed by atoms with Gasteiger partial charge < -0.3 is 15.2 Å². The second-order valence-electron chi connectivity index (χ2n) is 3.87. The van der Waals surface area contributed by atoms with Crippen molar-refractivity contribution < 1.29 is 14.6 Å². The number of pyridine rings is 1. The molecular weight excluding hydrogens is 288 g/mol. The van der Waals surface area contributed by atoms with Crippen LogP contribution in [0, 0.1) is 0 Å². The summed E-state index contributed by atoms with van der Waals surface area (Å²) in [4.78, 5) is 15.1. The Morgan fingerprint density at radius 1 is 1.71 bits per heavy atom. The number of hydrogen-bond acceptors (Lipinski definition) is 4. The van der Waals surface area contributed by atoms with E-state index in [1.54, 1.807) is 6.20 Å². The summed E-state index contributed by atoms with van der Waals surface area (Å²) in [6.45, 7) is 1.38. The fraction of sp³-hybridized carbons (Fsp3) is 0.455. The highest BCUT2D eigenvalue weighted by Crippen LogP contribution is 2.19. The summed E-state index contributed by atoms with van der Waals surface area (Å²) in [5.41, 5.74) is 0.164. The first-order chi connectivity index (χ1) is 8.16. The molecule has 1 aromatic rings. The molecule has 1 aliphatic heterocycles. The second kappa shape index (κ2) is 5.46. The van der Waals surface area contributed by atoms with Gasteiger partial charge in [0.2, 0.25) is 0 Å². The SMILES string of the molecule is O=C(O)c1cc(Br)cnc1NC[C@@H]1CCCO1. The minimum atomic E-state index is -0.992. The maximum absolute atomic E-state index is 11.0. The van der Waals surface area contributed by atoms with Crippen molar-refractivity contribution in [2.45, 2.75) is 18.9 Å². The number of nitrogens with one attached hydrogen (secondary N) is 1. The number of rotatable bonds is 4. The van der Waals surface area contributed by atoms with Crippen molar-refractivity contribution in [3.63, 3.8) is 0 Å². The van der Waals surface area contributed by atoms with Crippen LogP contribution in [-0.4, -0.2) is 35.3 Å². The molecule has 0 amide bonds. The van der Waals surface area contributed by atoms with Crippen LogP contribution in [0.3, 0.4) is 0 Å². The van der Waals surface area contributed by atoms with E-state index in [0.29, 0.717) is 16.8 Å². The van der Waals surface area contributed by atoms with E-state index in [0.717, 1.165) is 19.4 Å². The Bertz CT molecular complexity index is 419. The minimum absolute atomic E-state index is 0.155. The number of carboxylic acid groups (broad SMARTS) is 1. The van der Waals surface area contributed by atoms with Gasteiger partial charge in [0.05, 0.1) is 6.10 Å². The number of ether oxygens (including phenoxy) is 1. The van der Waals surface area contributed by atoms with Crippen LogP contribution in [0.4, 0.5) is 5.82 Å². The Morgan fingerprint density at radius 2 is 2.53 bits per heavy atom. The largest absolute Gasteiger partial charge is 0.478 e. The van der Waals surface area contributed by atoms with Gasteiger partial charge in [-0.25, -0.2) is 9.78 Å². The van der Waals surface area contributed by atoms with Gasteiger partial charge in [-0.2, -0.15) is 0 Å². The molecule has 1 fully saturated rings. The molecule has 5 nitrogen and oxygen atoms in total. The third-order valence-corrected chi connectivity index (χ3v) is 3.04. The van der Waals surface area contributed by atoms with Crippen LogP contribution in [0.15, 0.2) is 16.7 Å². The predicted molar refractivity (Wildman–Crippen MR) is 66.4 cm³/mol. The Kier molecular flexibility index (Phi) is 3.96. The molecule has 6 heteroatoms. The first-order valence-electron chi connectivity index (χ1n) is 5.41. The summed E-state index contributed by atoms with van der Waals surface area (Å²) < 4.78 is 6.10. The zero-order chi connectivity index (χ0) is 12.3. The summed E-state index contributed by atoms with van der Waals surface area (Å²) in [6.07, 6.45) is 3.80. The van der Waals surface area contributed by atoms with Crippen LogP contribution >= 0.6 is 15.9 Å². The average Bonchev–Trinajstić information content (AvgIpc) is 2.80. The molecule has 0 unspecified atom stereocenters. The molecular formula is C11H13BrN2O3. The van der Waals surface area contributed by atoms with E-state index in [-0.39, 0.29) is 11.7 Å². The summed E-state index contributed by atoms with van der Waals surface area (Å²) in [6, 6.07) is 1.53. The van der Waals surface area contributed by atoms with Crippen LogP contribution in [0.25, 0.3) is 0 Å². The molecule has 0 spiro atoms. The van der Waals surface area contributed by atoms with Crippen molar-refractivity contribution in [2.75, 3.05) is 18.5 Å². The molecule has 0 radical (unpaired) electrons. The van der Waals surface area contributed by atoms with E-state index in [1.807, 2.05) is 0 Å². The summed E-state index contributed by atoms with van der Waals surface area (Å²) >= 11 is 3.20. The lowest BCUT2D eigenvalue weighted by molar-refractivity contribution is 0.0697. The normalized spacial score (nSPS) is 19.2. The highest BCUT2D eigenvalue weighted by atomic mass is 79.9. The second-order valence-corrected chi connectivity index (χ2v) is 4.79. The lowest BCUT2D eigenvalue weighted by atomic mass is 10.2. The van der Waals surface area contributed by atoms with E-state index in [9.17, 15) is 4.79 Å². The zero-order valence-corrected chi connectivity index (χ0v) is 10.7. The number of aromatic carboxylic acids is 1. The van der Waals surface area contributed by atoms with Crippen molar-refractivity contribution in [3.05, 3.63) is 22.3 Å². The van der Waals surface area contributed by atoms with Gasteiger partial charge in [0.15, 0.2) is 0 Å². The molecule has 1 aliphatic rings. The van der Waals surface area contributed by atoms with Gasteiger partial charge >= 0.3 is 5.97 Å². The lowest BCUT2D eigenvalue weighted by Gasteiger charge is -2.12. The van der Waals surface area contributed by atoms with Crippen molar-refractivity contribution in [1.82, 2.24) is 4.98 Å². The van der Waals surface area contributed by atoms with Gasteiger partial charge in [0, 0.05) is 23.8 Å². The van der Waals surface area contributed by atoms with E-state index in [4.69, 9.17) is 9.84 Å². The summed E-state index contributed by atoms with van der Waals surface area (Å²) in [5.74, 6) is -0.607. The zero-order valence-electron chi connectivity index (χ0n) is 9.15. The molecule has 0 aromatic carbocycles. The molecule has 0 saturated carbocycles. The van der Waals surface area contributed by atoms with E-state index in [2.05, 4.69) is 26.2 Å². The van der Waals surface area contributed by atoms with Crippen molar-refractivity contribution in [1.29, 1.82) is 0 Å². The average molecular weight is 301 g/mol. The Balaban J connectivity index is 2.06. The van der Waals surface area contributed by atoms with Gasteiger partial charge in [0.25, 0.3) is 0 Å². The van der Waals surface area contributed by atoms with Gasteiger partial charge in [-0.15, -0.1) is 0 Å². The van der Waals surface area contributed by atoms with Crippen molar-refractivity contribution in [2.24, 2.45) is 0 Å². The molecule has 17 heavy (non-hydrogen) atoms. The third-order valence-electron chi connectivity index (χ3n) is 2.61. The number of hydrogen-bond donors (Lipinski definition) is 2. The smallest absolute Gasteiger partial charge is 0.339 e. The van der Waals surface area contributed by atoms with Crippen LogP contribution < -0.4 is 5.32 Å². The Morgan fingerprint density at radius 3 is 3.18 bits per heavy atom. The molecule has 2 rings (SSSR count). The summed E-state index contributed by atoms with van der Waals surface area (Å²) in [5, 5.41) is 12.1. The molecule has 1 atom stereocenters. The molecule has 1 saturated heterocycles. The highest BCUT2D eigenvalue weighted by Gasteiger charge is 2.17. The number of carboxylic acids is 1. The number of carbonyl (C=O) groups is 1. The van der Waals surface area contributed by atoms with Gasteiger partial charge in [-0.1, -0.05) is 0 Å².